The maximum absolute atomic E-state index is 5.93. The number of ether oxygens (including phenoxy) is 1. The van der Waals surface area contributed by atoms with Crippen LogP contribution < -0.4 is 4.74 Å². The first-order valence-electron chi connectivity index (χ1n) is 9.04. The molecule has 0 saturated heterocycles. The third-order valence-corrected chi connectivity index (χ3v) is 5.01. The molecule has 1 fully saturated rings. The van der Waals surface area contributed by atoms with Gasteiger partial charge in [0.2, 0.25) is 0 Å². The van der Waals surface area contributed by atoms with Gasteiger partial charge in [0.05, 0.1) is 0 Å². The summed E-state index contributed by atoms with van der Waals surface area (Å²) in [5.41, 5.74) is 4.09. The van der Waals surface area contributed by atoms with E-state index >= 15 is 0 Å². The van der Waals surface area contributed by atoms with E-state index in [4.69, 9.17) is 4.74 Å². The van der Waals surface area contributed by atoms with E-state index in [2.05, 4.69) is 62.4 Å². The molecule has 0 heterocycles. The molecule has 0 atom stereocenters. The lowest BCUT2D eigenvalue weighted by Crippen LogP contribution is -2.04. The largest absolute Gasteiger partial charge is 0.489 e. The van der Waals surface area contributed by atoms with Gasteiger partial charge in [-0.1, -0.05) is 69.5 Å². The lowest BCUT2D eigenvalue weighted by Gasteiger charge is -2.22. The number of rotatable bonds is 5. The summed E-state index contributed by atoms with van der Waals surface area (Å²) in [6.07, 6.45) is 6.88. The van der Waals surface area contributed by atoms with Crippen LogP contribution >= 0.6 is 0 Å². The Morgan fingerprint density at radius 1 is 0.870 bits per heavy atom. The molecule has 1 saturated carbocycles. The van der Waals surface area contributed by atoms with Crippen LogP contribution in [0, 0.1) is 0 Å². The molecule has 23 heavy (non-hydrogen) atoms. The highest BCUT2D eigenvalue weighted by Crippen LogP contribution is 2.33. The van der Waals surface area contributed by atoms with E-state index in [0.29, 0.717) is 12.5 Å². The molecule has 0 amide bonds. The predicted molar refractivity (Wildman–Crippen MR) is 97.1 cm³/mol. The summed E-state index contributed by atoms with van der Waals surface area (Å²) in [6.45, 7) is 5.08. The third-order valence-electron chi connectivity index (χ3n) is 5.01. The fourth-order valence-corrected chi connectivity index (χ4v) is 3.44. The highest BCUT2D eigenvalue weighted by molar-refractivity contribution is 5.30. The molecule has 0 spiro atoms. The van der Waals surface area contributed by atoms with Crippen LogP contribution in [0.3, 0.4) is 0 Å². The average Bonchev–Trinajstić information content (AvgIpc) is 2.61. The smallest absolute Gasteiger partial charge is 0.119 e. The zero-order valence-electron chi connectivity index (χ0n) is 14.4. The Kier molecular flexibility index (Phi) is 5.38. The minimum atomic E-state index is 0.581. The Bertz CT molecular complexity index is 589. The normalized spacial score (nSPS) is 15.8. The number of hydrogen-bond acceptors (Lipinski definition) is 1. The summed E-state index contributed by atoms with van der Waals surface area (Å²) in [4.78, 5) is 0. The molecule has 0 bridgehead atoms. The van der Waals surface area contributed by atoms with E-state index in [9.17, 15) is 0 Å². The van der Waals surface area contributed by atoms with Crippen LogP contribution in [-0.2, 0) is 6.61 Å². The number of hydrogen-bond donors (Lipinski definition) is 0. The second-order valence-corrected chi connectivity index (χ2v) is 7.09. The van der Waals surface area contributed by atoms with Crippen LogP contribution in [0.1, 0.15) is 74.5 Å². The molecule has 0 radical (unpaired) electrons. The van der Waals surface area contributed by atoms with Gasteiger partial charge in [-0.2, -0.15) is 0 Å². The van der Waals surface area contributed by atoms with Crippen LogP contribution in [0.25, 0.3) is 0 Å². The van der Waals surface area contributed by atoms with Crippen molar-refractivity contribution in [3.63, 3.8) is 0 Å². The lowest BCUT2D eigenvalue weighted by molar-refractivity contribution is 0.306. The monoisotopic (exact) mass is 308 g/mol. The van der Waals surface area contributed by atoms with Crippen molar-refractivity contribution < 1.29 is 4.74 Å². The highest BCUT2D eigenvalue weighted by Gasteiger charge is 2.15. The maximum Gasteiger partial charge on any atom is 0.119 e. The van der Waals surface area contributed by atoms with E-state index in [0.717, 1.165) is 11.7 Å². The van der Waals surface area contributed by atoms with Crippen molar-refractivity contribution in [1.29, 1.82) is 0 Å². The van der Waals surface area contributed by atoms with Crippen LogP contribution in [0.15, 0.2) is 48.5 Å². The minimum Gasteiger partial charge on any atom is -0.489 e. The van der Waals surface area contributed by atoms with Crippen molar-refractivity contribution in [3.05, 3.63) is 65.2 Å². The van der Waals surface area contributed by atoms with Crippen LogP contribution in [0.4, 0.5) is 0 Å². The molecule has 1 heteroatoms. The molecule has 3 rings (SSSR count). The Balaban J connectivity index is 1.55. The summed E-state index contributed by atoms with van der Waals surface area (Å²) >= 11 is 0. The van der Waals surface area contributed by atoms with E-state index in [1.807, 2.05) is 0 Å². The molecular formula is C22H28O. The Hall–Kier alpha value is -1.76. The quantitative estimate of drug-likeness (QED) is 0.618. The zero-order chi connectivity index (χ0) is 16.1. The summed E-state index contributed by atoms with van der Waals surface area (Å²) in [6, 6.07) is 17.5. The Labute approximate surface area is 140 Å². The SMILES string of the molecule is CC(C)c1ccc(COc2ccc(C3CCCCC3)cc2)cc1. The average molecular weight is 308 g/mol. The molecule has 1 nitrogen and oxygen atoms in total. The molecule has 1 aliphatic rings. The van der Waals surface area contributed by atoms with Crippen LogP contribution in [-0.4, -0.2) is 0 Å². The standard InChI is InChI=1S/C22H28O/c1-17(2)19-10-8-18(9-11-19)16-23-22-14-12-21(13-15-22)20-6-4-3-5-7-20/h8-15,17,20H,3-7,16H2,1-2H3. The van der Waals surface area contributed by atoms with Crippen molar-refractivity contribution in [1.82, 2.24) is 0 Å². The van der Waals surface area contributed by atoms with Gasteiger partial charge in [0.1, 0.15) is 12.4 Å². The summed E-state index contributed by atoms with van der Waals surface area (Å²) in [5.74, 6) is 2.32. The highest BCUT2D eigenvalue weighted by atomic mass is 16.5. The van der Waals surface area contributed by atoms with Gasteiger partial charge in [-0.25, -0.2) is 0 Å². The first-order chi connectivity index (χ1) is 11.2. The molecule has 2 aromatic rings. The van der Waals surface area contributed by atoms with Gasteiger partial charge >= 0.3 is 0 Å². The molecule has 1 aliphatic carbocycles. The van der Waals surface area contributed by atoms with Crippen molar-refractivity contribution in [3.8, 4) is 5.75 Å². The lowest BCUT2D eigenvalue weighted by atomic mass is 9.84. The first-order valence-corrected chi connectivity index (χ1v) is 9.04. The van der Waals surface area contributed by atoms with Crippen molar-refractivity contribution in [2.45, 2.75) is 64.4 Å². The minimum absolute atomic E-state index is 0.581. The second-order valence-electron chi connectivity index (χ2n) is 7.09. The van der Waals surface area contributed by atoms with Crippen LogP contribution in [0.2, 0.25) is 0 Å². The van der Waals surface area contributed by atoms with Crippen molar-refractivity contribution in [2.75, 3.05) is 0 Å². The summed E-state index contributed by atoms with van der Waals surface area (Å²) in [7, 11) is 0. The molecule has 0 N–H and O–H groups in total. The van der Waals surface area contributed by atoms with Gasteiger partial charge in [-0.05, 0) is 53.5 Å². The molecule has 122 valence electrons. The Morgan fingerprint density at radius 2 is 1.52 bits per heavy atom. The summed E-state index contributed by atoms with van der Waals surface area (Å²) in [5, 5.41) is 0. The van der Waals surface area contributed by atoms with Gasteiger partial charge in [0, 0.05) is 0 Å². The van der Waals surface area contributed by atoms with Gasteiger partial charge in [0.25, 0.3) is 0 Å². The Morgan fingerprint density at radius 3 is 2.13 bits per heavy atom. The van der Waals surface area contributed by atoms with Gasteiger partial charge < -0.3 is 4.74 Å². The molecule has 0 unspecified atom stereocenters. The topological polar surface area (TPSA) is 9.23 Å². The van der Waals surface area contributed by atoms with Gasteiger partial charge in [0.15, 0.2) is 0 Å². The van der Waals surface area contributed by atoms with Gasteiger partial charge in [-0.3, -0.25) is 0 Å². The fraction of sp³-hybridized carbons (Fsp3) is 0.455. The molecular weight excluding hydrogens is 280 g/mol. The maximum atomic E-state index is 5.93. The predicted octanol–water partition coefficient (Wildman–Crippen LogP) is 6.44. The van der Waals surface area contributed by atoms with E-state index in [1.54, 1.807) is 0 Å². The van der Waals surface area contributed by atoms with E-state index in [-0.39, 0.29) is 0 Å². The molecule has 0 aromatic heterocycles. The number of benzene rings is 2. The van der Waals surface area contributed by atoms with Crippen molar-refractivity contribution in [2.24, 2.45) is 0 Å². The first kappa shape index (κ1) is 16.1. The van der Waals surface area contributed by atoms with Gasteiger partial charge in [-0.15, -0.1) is 0 Å². The zero-order valence-corrected chi connectivity index (χ0v) is 14.4. The molecule has 2 aromatic carbocycles. The third kappa shape index (κ3) is 4.37. The van der Waals surface area contributed by atoms with Crippen molar-refractivity contribution >= 4 is 0 Å². The molecule has 0 aliphatic heterocycles. The van der Waals surface area contributed by atoms with E-state index in [1.165, 1.54) is 48.8 Å². The van der Waals surface area contributed by atoms with Crippen LogP contribution in [0.5, 0.6) is 5.75 Å². The second kappa shape index (κ2) is 7.68. The fourth-order valence-electron chi connectivity index (χ4n) is 3.44. The summed E-state index contributed by atoms with van der Waals surface area (Å²) < 4.78 is 5.93. The van der Waals surface area contributed by atoms with E-state index < -0.39 is 0 Å².